The van der Waals surface area contributed by atoms with E-state index in [9.17, 15) is 4.79 Å². The summed E-state index contributed by atoms with van der Waals surface area (Å²) < 4.78 is 0. The maximum atomic E-state index is 11.5. The van der Waals surface area contributed by atoms with E-state index in [2.05, 4.69) is 43.4 Å². The van der Waals surface area contributed by atoms with Gasteiger partial charge in [0.05, 0.1) is 0 Å². The Balaban J connectivity index is 1.92. The van der Waals surface area contributed by atoms with Crippen LogP contribution in [0.2, 0.25) is 0 Å². The number of carbonyl (C=O) groups excluding carboxylic acids is 1. The molecule has 0 unspecified atom stereocenters. The molecule has 1 aromatic carbocycles. The molecule has 0 radical (unpaired) electrons. The van der Waals surface area contributed by atoms with Crippen LogP contribution in [0.4, 0.5) is 0 Å². The number of amides is 1. The third-order valence-corrected chi connectivity index (χ3v) is 3.03. The second-order valence-corrected chi connectivity index (χ2v) is 4.89. The van der Waals surface area contributed by atoms with E-state index in [1.807, 2.05) is 0 Å². The number of carbonyl (C=O) groups is 1. The normalized spacial score (nSPS) is 15.2. The molecule has 0 saturated heterocycles. The van der Waals surface area contributed by atoms with Crippen molar-refractivity contribution in [2.24, 2.45) is 5.92 Å². The molecule has 1 aromatic rings. The third kappa shape index (κ3) is 2.84. The summed E-state index contributed by atoms with van der Waals surface area (Å²) in [6, 6.07) is 8.45. The van der Waals surface area contributed by atoms with E-state index >= 15 is 0 Å². The SMILES string of the molecule is CC(C)c1cccc(CNC(=O)C2CC2)c1. The van der Waals surface area contributed by atoms with Gasteiger partial charge in [0, 0.05) is 12.5 Å². The fraction of sp³-hybridized carbons (Fsp3) is 0.500. The fourth-order valence-electron chi connectivity index (χ4n) is 1.74. The molecule has 2 nitrogen and oxygen atoms in total. The lowest BCUT2D eigenvalue weighted by Gasteiger charge is -2.09. The number of rotatable bonds is 4. The number of benzene rings is 1. The van der Waals surface area contributed by atoms with Crippen LogP contribution < -0.4 is 5.32 Å². The number of hydrogen-bond acceptors (Lipinski definition) is 1. The Bertz CT molecular complexity index is 380. The summed E-state index contributed by atoms with van der Waals surface area (Å²) in [6.45, 7) is 5.03. The molecule has 0 heterocycles. The Morgan fingerprint density at radius 1 is 1.44 bits per heavy atom. The molecule has 1 fully saturated rings. The molecule has 1 aliphatic carbocycles. The zero-order valence-corrected chi connectivity index (χ0v) is 9.99. The van der Waals surface area contributed by atoms with Gasteiger partial charge in [-0.3, -0.25) is 4.79 Å². The van der Waals surface area contributed by atoms with Crippen LogP contribution >= 0.6 is 0 Å². The molecule has 0 aliphatic heterocycles. The molecule has 0 spiro atoms. The standard InChI is InChI=1S/C14H19NO/c1-10(2)13-5-3-4-11(8-13)9-15-14(16)12-6-7-12/h3-5,8,10,12H,6-7,9H2,1-2H3,(H,15,16). The smallest absolute Gasteiger partial charge is 0.223 e. The largest absolute Gasteiger partial charge is 0.352 e. The average molecular weight is 217 g/mol. The fourth-order valence-corrected chi connectivity index (χ4v) is 1.74. The summed E-state index contributed by atoms with van der Waals surface area (Å²) in [5.74, 6) is 1.06. The highest BCUT2D eigenvalue weighted by atomic mass is 16.2. The molecule has 2 rings (SSSR count). The monoisotopic (exact) mass is 217 g/mol. The Labute approximate surface area is 97.1 Å². The van der Waals surface area contributed by atoms with Crippen molar-refractivity contribution >= 4 is 5.91 Å². The van der Waals surface area contributed by atoms with E-state index in [0.29, 0.717) is 18.4 Å². The van der Waals surface area contributed by atoms with Crippen molar-refractivity contribution in [3.63, 3.8) is 0 Å². The van der Waals surface area contributed by atoms with Crippen LogP contribution in [0.5, 0.6) is 0 Å². The first-order valence-electron chi connectivity index (χ1n) is 6.03. The van der Waals surface area contributed by atoms with Crippen LogP contribution in [-0.2, 0) is 11.3 Å². The highest BCUT2D eigenvalue weighted by Gasteiger charge is 2.29. The maximum Gasteiger partial charge on any atom is 0.223 e. The van der Waals surface area contributed by atoms with Gasteiger partial charge in [0.1, 0.15) is 0 Å². The van der Waals surface area contributed by atoms with Crippen molar-refractivity contribution < 1.29 is 4.79 Å². The van der Waals surface area contributed by atoms with Crippen LogP contribution in [-0.4, -0.2) is 5.91 Å². The summed E-state index contributed by atoms with van der Waals surface area (Å²) in [5, 5.41) is 2.99. The molecular weight excluding hydrogens is 198 g/mol. The molecular formula is C14H19NO. The summed E-state index contributed by atoms with van der Waals surface area (Å²) in [7, 11) is 0. The molecule has 1 N–H and O–H groups in total. The Morgan fingerprint density at radius 2 is 2.19 bits per heavy atom. The van der Waals surface area contributed by atoms with Gasteiger partial charge >= 0.3 is 0 Å². The van der Waals surface area contributed by atoms with Crippen molar-refractivity contribution in [1.29, 1.82) is 0 Å². The second kappa shape index (κ2) is 4.69. The highest BCUT2D eigenvalue weighted by Crippen LogP contribution is 2.28. The van der Waals surface area contributed by atoms with Crippen molar-refractivity contribution in [2.45, 2.75) is 39.2 Å². The Hall–Kier alpha value is -1.31. The van der Waals surface area contributed by atoms with E-state index in [0.717, 1.165) is 12.8 Å². The van der Waals surface area contributed by atoms with Crippen molar-refractivity contribution in [1.82, 2.24) is 5.32 Å². The van der Waals surface area contributed by atoms with Gasteiger partial charge in [-0.05, 0) is 29.9 Å². The first-order chi connectivity index (χ1) is 7.66. The lowest BCUT2D eigenvalue weighted by atomic mass is 10.0. The molecule has 16 heavy (non-hydrogen) atoms. The molecule has 0 bridgehead atoms. The summed E-state index contributed by atoms with van der Waals surface area (Å²) in [6.07, 6.45) is 2.13. The minimum absolute atomic E-state index is 0.218. The Kier molecular flexibility index (Phi) is 3.28. The molecule has 0 aromatic heterocycles. The van der Waals surface area contributed by atoms with E-state index in [-0.39, 0.29) is 5.91 Å². The van der Waals surface area contributed by atoms with Gasteiger partial charge < -0.3 is 5.32 Å². The van der Waals surface area contributed by atoms with Gasteiger partial charge in [-0.2, -0.15) is 0 Å². The van der Waals surface area contributed by atoms with Crippen LogP contribution in [0.3, 0.4) is 0 Å². The maximum absolute atomic E-state index is 11.5. The summed E-state index contributed by atoms with van der Waals surface area (Å²) in [5.41, 5.74) is 2.53. The highest BCUT2D eigenvalue weighted by molar-refractivity contribution is 5.80. The van der Waals surface area contributed by atoms with Crippen LogP contribution in [0.1, 0.15) is 43.7 Å². The predicted octanol–water partition coefficient (Wildman–Crippen LogP) is 2.84. The van der Waals surface area contributed by atoms with Gasteiger partial charge in [-0.15, -0.1) is 0 Å². The van der Waals surface area contributed by atoms with Crippen LogP contribution in [0.15, 0.2) is 24.3 Å². The minimum Gasteiger partial charge on any atom is -0.352 e. The summed E-state index contributed by atoms with van der Waals surface area (Å²) in [4.78, 5) is 11.5. The van der Waals surface area contributed by atoms with Crippen LogP contribution in [0.25, 0.3) is 0 Å². The van der Waals surface area contributed by atoms with E-state index in [1.165, 1.54) is 11.1 Å². The number of nitrogens with one attached hydrogen (secondary N) is 1. The van der Waals surface area contributed by atoms with Crippen LogP contribution in [0, 0.1) is 5.92 Å². The Morgan fingerprint density at radius 3 is 2.81 bits per heavy atom. The zero-order chi connectivity index (χ0) is 11.5. The molecule has 1 aliphatic rings. The first-order valence-corrected chi connectivity index (χ1v) is 6.03. The molecule has 1 saturated carbocycles. The van der Waals surface area contributed by atoms with Gasteiger partial charge in [0.2, 0.25) is 5.91 Å². The first kappa shape index (κ1) is 11.2. The quantitative estimate of drug-likeness (QED) is 0.825. The number of hydrogen-bond donors (Lipinski definition) is 1. The van der Waals surface area contributed by atoms with Crippen molar-refractivity contribution in [3.8, 4) is 0 Å². The minimum atomic E-state index is 0.218. The summed E-state index contributed by atoms with van der Waals surface area (Å²) >= 11 is 0. The topological polar surface area (TPSA) is 29.1 Å². The average Bonchev–Trinajstić information content (AvgIpc) is 3.10. The van der Waals surface area contributed by atoms with Crippen molar-refractivity contribution in [3.05, 3.63) is 35.4 Å². The molecule has 0 atom stereocenters. The van der Waals surface area contributed by atoms with E-state index in [4.69, 9.17) is 0 Å². The van der Waals surface area contributed by atoms with Gasteiger partial charge in [0.25, 0.3) is 0 Å². The third-order valence-electron chi connectivity index (χ3n) is 3.03. The molecule has 2 heteroatoms. The van der Waals surface area contributed by atoms with Gasteiger partial charge in [-0.25, -0.2) is 0 Å². The van der Waals surface area contributed by atoms with E-state index in [1.54, 1.807) is 0 Å². The van der Waals surface area contributed by atoms with Crippen molar-refractivity contribution in [2.75, 3.05) is 0 Å². The predicted molar refractivity (Wildman–Crippen MR) is 65.1 cm³/mol. The van der Waals surface area contributed by atoms with E-state index < -0.39 is 0 Å². The second-order valence-electron chi connectivity index (χ2n) is 4.89. The molecule has 1 amide bonds. The van der Waals surface area contributed by atoms with Gasteiger partial charge in [0.15, 0.2) is 0 Å². The lowest BCUT2D eigenvalue weighted by Crippen LogP contribution is -2.24. The van der Waals surface area contributed by atoms with Gasteiger partial charge in [-0.1, -0.05) is 38.1 Å². The molecule has 86 valence electrons. The zero-order valence-electron chi connectivity index (χ0n) is 9.99. The lowest BCUT2D eigenvalue weighted by molar-refractivity contribution is -0.122.